The van der Waals surface area contributed by atoms with Crippen LogP contribution in [0.25, 0.3) is 75.1 Å². The highest BCUT2D eigenvalue weighted by Crippen LogP contribution is 2.53. The first kappa shape index (κ1) is 40.0. The van der Waals surface area contributed by atoms with Gasteiger partial charge in [0.1, 0.15) is 0 Å². The van der Waals surface area contributed by atoms with Crippen LogP contribution >= 0.6 is 47.5 Å². The Morgan fingerprint density at radius 3 is 2.07 bits per heavy atom. The average Bonchev–Trinajstić information content (AvgIpc) is 3.69. The number of rotatable bonds is 2. The van der Waals surface area contributed by atoms with Gasteiger partial charge in [-0.15, -0.1) is 11.3 Å². The molecule has 288 valence electrons. The Bertz CT molecular complexity index is 3050. The van der Waals surface area contributed by atoms with Gasteiger partial charge in [0, 0.05) is 45.3 Å². The van der Waals surface area contributed by atoms with E-state index in [0.29, 0.717) is 0 Å². The molecule has 58 heavy (non-hydrogen) atoms. The SMILES string of the molecule is CC.CS.Cc1ccccc1-c1c(C)c2sc3ccc4ccccc4c3c2c2ccccc12.Cc1nc2ccccc2nc1-c1cccc2c1SC1=C(C=CCC1)S2. The zero-order valence-corrected chi connectivity index (χ0v) is 37.1. The number of hydrogen-bond donors (Lipinski definition) is 1. The predicted octanol–water partition coefficient (Wildman–Crippen LogP) is 16.6. The highest BCUT2D eigenvalue weighted by atomic mass is 32.2. The first-order valence-electron chi connectivity index (χ1n) is 19.9. The average molecular weight is 827 g/mol. The molecule has 0 radical (unpaired) electrons. The third kappa shape index (κ3) is 7.26. The summed E-state index contributed by atoms with van der Waals surface area (Å²) in [5.41, 5.74) is 10.5. The van der Waals surface area contributed by atoms with E-state index in [0.717, 1.165) is 35.3 Å². The maximum absolute atomic E-state index is 4.94. The summed E-state index contributed by atoms with van der Waals surface area (Å²) in [4.78, 5) is 15.3. The zero-order valence-electron chi connectivity index (χ0n) is 33.8. The summed E-state index contributed by atoms with van der Waals surface area (Å²) in [6, 6.07) is 45.6. The van der Waals surface area contributed by atoms with Crippen LogP contribution in [0.4, 0.5) is 0 Å². The molecule has 6 heteroatoms. The molecule has 3 heterocycles. The van der Waals surface area contributed by atoms with Crippen LogP contribution in [-0.2, 0) is 0 Å². The Kier molecular flexibility index (Phi) is 12.1. The summed E-state index contributed by atoms with van der Waals surface area (Å²) < 4.78 is 2.78. The fourth-order valence-corrected chi connectivity index (χ4v) is 11.9. The van der Waals surface area contributed by atoms with E-state index in [-0.39, 0.29) is 0 Å². The lowest BCUT2D eigenvalue weighted by Gasteiger charge is -2.24. The van der Waals surface area contributed by atoms with E-state index in [4.69, 9.17) is 9.97 Å². The van der Waals surface area contributed by atoms with Gasteiger partial charge in [-0.25, -0.2) is 9.97 Å². The van der Waals surface area contributed by atoms with Crippen LogP contribution in [0.3, 0.4) is 0 Å². The molecule has 1 aliphatic carbocycles. The molecule has 2 aliphatic rings. The molecule has 1 aliphatic heterocycles. The molecule has 11 rings (SSSR count). The highest BCUT2D eigenvalue weighted by molar-refractivity contribution is 8.09. The van der Waals surface area contributed by atoms with E-state index in [1.165, 1.54) is 89.1 Å². The molecule has 0 fully saturated rings. The predicted molar refractivity (Wildman–Crippen MR) is 262 cm³/mol. The van der Waals surface area contributed by atoms with Crippen molar-refractivity contribution in [2.24, 2.45) is 0 Å². The van der Waals surface area contributed by atoms with Gasteiger partial charge in [0.25, 0.3) is 0 Å². The maximum atomic E-state index is 4.94. The molecule has 2 aromatic heterocycles. The van der Waals surface area contributed by atoms with Crippen molar-refractivity contribution in [1.82, 2.24) is 9.97 Å². The molecule has 0 saturated heterocycles. The Labute approximate surface area is 359 Å². The number of thiol groups is 1. The smallest absolute Gasteiger partial charge is 0.0934 e. The number of para-hydroxylation sites is 2. The van der Waals surface area contributed by atoms with E-state index in [2.05, 4.69) is 149 Å². The van der Waals surface area contributed by atoms with Gasteiger partial charge in [-0.2, -0.15) is 12.6 Å². The van der Waals surface area contributed by atoms with E-state index in [1.54, 1.807) is 6.26 Å². The molecule has 0 saturated carbocycles. The van der Waals surface area contributed by atoms with Gasteiger partial charge in [-0.1, -0.05) is 153 Å². The summed E-state index contributed by atoms with van der Waals surface area (Å²) in [6.45, 7) is 10.6. The number of nitrogens with zero attached hydrogens (tertiary/aromatic N) is 2. The van der Waals surface area contributed by atoms with Crippen LogP contribution in [0.5, 0.6) is 0 Å². The second-order valence-electron chi connectivity index (χ2n) is 14.0. The fraction of sp³-hybridized carbons (Fsp3) is 0.154. The number of aryl methyl sites for hydroxylation is 3. The standard InChI is InChI=1S/C28H20S.C21H16N2S2.C2H6.CH4S/c1-17-9-3-5-11-20(17)25-18(2)28-27(23-14-8-7-13-22(23)25)26-21-12-6-4-10-19(21)15-16-24(26)29-28;1-13-20(23-16-9-3-2-8-15(16)22-13)14-7-6-12-19-21(14)25-18-11-5-4-10-17(18)24-19;2*1-2/h3-16H,1-2H3;2-4,6-10,12H,5,11H2,1H3;1-2H3;2H,1H3. The Hall–Kier alpha value is -4.85. The lowest BCUT2D eigenvalue weighted by Crippen LogP contribution is -2.00. The minimum atomic E-state index is 0.953. The van der Waals surface area contributed by atoms with Crippen LogP contribution in [0.15, 0.2) is 159 Å². The molecule has 2 nitrogen and oxygen atoms in total. The quantitative estimate of drug-likeness (QED) is 0.176. The molecular formula is C52H46N2S4. The lowest BCUT2D eigenvalue weighted by atomic mass is 9.89. The van der Waals surface area contributed by atoms with Crippen molar-refractivity contribution in [3.63, 3.8) is 0 Å². The van der Waals surface area contributed by atoms with E-state index >= 15 is 0 Å². The second kappa shape index (κ2) is 17.6. The van der Waals surface area contributed by atoms with E-state index < -0.39 is 0 Å². The number of thioether (sulfide) groups is 2. The van der Waals surface area contributed by atoms with Crippen molar-refractivity contribution in [2.75, 3.05) is 6.26 Å². The van der Waals surface area contributed by atoms with E-state index in [9.17, 15) is 0 Å². The molecule has 0 unspecified atom stereocenters. The molecule has 9 aromatic rings. The van der Waals surface area contributed by atoms with Crippen LogP contribution in [0, 0.1) is 20.8 Å². The lowest BCUT2D eigenvalue weighted by molar-refractivity contribution is 1.01. The van der Waals surface area contributed by atoms with E-state index in [1.807, 2.05) is 73.0 Å². The number of fused-ring (bicyclic) bond motifs is 9. The zero-order chi connectivity index (χ0) is 40.3. The number of aromatic nitrogens is 2. The number of allylic oxidation sites excluding steroid dienone is 3. The summed E-state index contributed by atoms with van der Waals surface area (Å²) in [5, 5.41) is 8.17. The Balaban J connectivity index is 0.000000151. The van der Waals surface area contributed by atoms with Crippen molar-refractivity contribution >= 4 is 100 Å². The van der Waals surface area contributed by atoms with Crippen LogP contribution in [-0.4, -0.2) is 16.2 Å². The van der Waals surface area contributed by atoms with Gasteiger partial charge in [0.05, 0.1) is 22.4 Å². The monoisotopic (exact) mass is 826 g/mol. The van der Waals surface area contributed by atoms with Crippen molar-refractivity contribution in [3.05, 3.63) is 166 Å². The van der Waals surface area contributed by atoms with Crippen molar-refractivity contribution in [1.29, 1.82) is 0 Å². The molecule has 0 N–H and O–H groups in total. The molecule has 7 aromatic carbocycles. The third-order valence-electron chi connectivity index (χ3n) is 10.7. The molecular weight excluding hydrogens is 781 g/mol. The van der Waals surface area contributed by atoms with Gasteiger partial charge in [0.15, 0.2) is 0 Å². The summed E-state index contributed by atoms with van der Waals surface area (Å²) in [6.07, 6.45) is 8.52. The molecule has 0 bridgehead atoms. The number of thiophene rings is 1. The van der Waals surface area contributed by atoms with Crippen LogP contribution in [0.1, 0.15) is 43.5 Å². The van der Waals surface area contributed by atoms with Gasteiger partial charge in [-0.3, -0.25) is 0 Å². The van der Waals surface area contributed by atoms with Crippen LogP contribution < -0.4 is 0 Å². The fourth-order valence-electron chi connectivity index (χ4n) is 8.11. The molecule has 0 spiro atoms. The van der Waals surface area contributed by atoms with Crippen LogP contribution in [0.2, 0.25) is 0 Å². The summed E-state index contributed by atoms with van der Waals surface area (Å²) in [7, 11) is 0. The third-order valence-corrected chi connectivity index (χ3v) is 14.7. The Morgan fingerprint density at radius 1 is 0.603 bits per heavy atom. The summed E-state index contributed by atoms with van der Waals surface area (Å²) >= 11 is 9.26. The van der Waals surface area contributed by atoms with Crippen molar-refractivity contribution in [2.45, 2.75) is 57.3 Å². The van der Waals surface area contributed by atoms with Gasteiger partial charge in [-0.05, 0) is 108 Å². The number of hydrogen-bond acceptors (Lipinski definition) is 6. The Morgan fingerprint density at radius 2 is 1.28 bits per heavy atom. The second-order valence-corrected chi connectivity index (χ2v) is 17.3. The van der Waals surface area contributed by atoms with Gasteiger partial charge < -0.3 is 0 Å². The largest absolute Gasteiger partial charge is 0.249 e. The maximum Gasteiger partial charge on any atom is 0.0934 e. The first-order valence-corrected chi connectivity index (χ1v) is 23.3. The first-order chi connectivity index (χ1) is 28.5. The van der Waals surface area contributed by atoms with Gasteiger partial charge in [0.2, 0.25) is 0 Å². The molecule has 0 amide bonds. The minimum Gasteiger partial charge on any atom is -0.249 e. The minimum absolute atomic E-state index is 0.953. The summed E-state index contributed by atoms with van der Waals surface area (Å²) in [5.74, 6) is 0. The van der Waals surface area contributed by atoms with Crippen molar-refractivity contribution < 1.29 is 0 Å². The normalized spacial score (nSPS) is 13.0. The molecule has 0 atom stereocenters. The number of benzene rings is 7. The van der Waals surface area contributed by atoms with Crippen molar-refractivity contribution in [3.8, 4) is 22.4 Å². The topological polar surface area (TPSA) is 25.8 Å². The highest BCUT2D eigenvalue weighted by Gasteiger charge is 2.24. The van der Waals surface area contributed by atoms with Gasteiger partial charge >= 0.3 is 0 Å².